The second-order valence-electron chi connectivity index (χ2n) is 7.00. The highest BCUT2D eigenvalue weighted by Gasteiger charge is 2.52. The van der Waals surface area contributed by atoms with Crippen molar-refractivity contribution in [1.29, 1.82) is 0 Å². The van der Waals surface area contributed by atoms with Crippen LogP contribution in [0.2, 0.25) is 0 Å². The van der Waals surface area contributed by atoms with E-state index in [0.29, 0.717) is 0 Å². The van der Waals surface area contributed by atoms with Crippen molar-refractivity contribution in [3.8, 4) is 0 Å². The molecule has 2 rings (SSSR count). The lowest BCUT2D eigenvalue weighted by atomic mass is 9.86. The van der Waals surface area contributed by atoms with E-state index in [1.807, 2.05) is 0 Å². The normalized spacial score (nSPS) is 21.5. The predicted octanol–water partition coefficient (Wildman–Crippen LogP) is 0.642. The molecule has 0 spiro atoms. The lowest BCUT2D eigenvalue weighted by Crippen LogP contribution is -2.61. The maximum absolute atomic E-state index is 12.1. The smallest absolute Gasteiger partial charge is 0.410 e. The van der Waals surface area contributed by atoms with Crippen molar-refractivity contribution < 1.29 is 29.0 Å². The van der Waals surface area contributed by atoms with Crippen molar-refractivity contribution in [3.05, 3.63) is 0 Å². The number of aliphatic carboxylic acids is 1. The summed E-state index contributed by atoms with van der Waals surface area (Å²) in [4.78, 5) is 49.8. The van der Waals surface area contributed by atoms with E-state index in [1.165, 1.54) is 4.90 Å². The summed E-state index contributed by atoms with van der Waals surface area (Å²) in [5.74, 6) is -1.86. The van der Waals surface area contributed by atoms with Crippen molar-refractivity contribution in [2.24, 2.45) is 0 Å². The molecule has 128 valence electrons. The molecule has 0 aromatic rings. The average Bonchev–Trinajstić information content (AvgIpc) is 2.76. The zero-order valence-electron chi connectivity index (χ0n) is 13.6. The number of carbonyl (C=O) groups is 4. The molecule has 0 atom stereocenters. The van der Waals surface area contributed by atoms with Crippen molar-refractivity contribution in [2.75, 3.05) is 19.6 Å². The Labute approximate surface area is 134 Å². The molecule has 8 nitrogen and oxygen atoms in total. The van der Waals surface area contributed by atoms with Crippen LogP contribution in [0.1, 0.15) is 40.0 Å². The third kappa shape index (κ3) is 3.46. The number of piperidine rings is 1. The highest BCUT2D eigenvalue weighted by atomic mass is 16.6. The molecule has 0 bridgehead atoms. The molecule has 1 N–H and O–H groups in total. The fraction of sp³-hybridized carbons (Fsp3) is 0.733. The van der Waals surface area contributed by atoms with Gasteiger partial charge in [0.05, 0.1) is 13.0 Å². The van der Waals surface area contributed by atoms with Gasteiger partial charge in [0.1, 0.15) is 11.1 Å². The maximum atomic E-state index is 12.1. The first-order valence-electron chi connectivity index (χ1n) is 7.59. The molecule has 2 heterocycles. The van der Waals surface area contributed by atoms with Crippen LogP contribution in [0.5, 0.6) is 0 Å². The molecule has 0 aliphatic carbocycles. The molecular formula is C15H22N2O6. The highest BCUT2D eigenvalue weighted by Crippen LogP contribution is 2.32. The Morgan fingerprint density at radius 2 is 1.74 bits per heavy atom. The van der Waals surface area contributed by atoms with E-state index >= 15 is 0 Å². The van der Waals surface area contributed by atoms with Gasteiger partial charge in [0.15, 0.2) is 5.78 Å². The molecule has 0 unspecified atom stereocenters. The first kappa shape index (κ1) is 17.2. The van der Waals surface area contributed by atoms with Crippen molar-refractivity contribution in [2.45, 2.75) is 51.2 Å². The van der Waals surface area contributed by atoms with E-state index in [9.17, 15) is 24.3 Å². The minimum absolute atomic E-state index is 0.0839. The van der Waals surface area contributed by atoms with E-state index in [1.54, 1.807) is 20.8 Å². The fourth-order valence-electron chi connectivity index (χ4n) is 2.96. The first-order valence-corrected chi connectivity index (χ1v) is 7.59. The van der Waals surface area contributed by atoms with Crippen LogP contribution in [-0.2, 0) is 19.1 Å². The Kier molecular flexibility index (Phi) is 4.37. The van der Waals surface area contributed by atoms with Gasteiger partial charge in [-0.2, -0.15) is 0 Å². The van der Waals surface area contributed by atoms with Crippen molar-refractivity contribution >= 4 is 23.8 Å². The van der Waals surface area contributed by atoms with Crippen LogP contribution in [0.15, 0.2) is 0 Å². The number of carbonyl (C=O) groups excluding carboxylic acids is 3. The topological polar surface area (TPSA) is 104 Å². The third-order valence-electron chi connectivity index (χ3n) is 4.14. The molecule has 2 aliphatic heterocycles. The molecular weight excluding hydrogens is 304 g/mol. The largest absolute Gasteiger partial charge is 0.479 e. The molecule has 23 heavy (non-hydrogen) atoms. The van der Waals surface area contributed by atoms with Crippen LogP contribution in [0.4, 0.5) is 4.79 Å². The predicted molar refractivity (Wildman–Crippen MR) is 78.7 cm³/mol. The molecule has 8 heteroatoms. The van der Waals surface area contributed by atoms with Crippen LogP contribution in [0.3, 0.4) is 0 Å². The Hall–Kier alpha value is -2.12. The average molecular weight is 326 g/mol. The number of ether oxygens (including phenoxy) is 1. The fourth-order valence-corrected chi connectivity index (χ4v) is 2.96. The Morgan fingerprint density at radius 3 is 2.13 bits per heavy atom. The number of carboxylic acid groups (broad SMARTS) is 1. The van der Waals surface area contributed by atoms with Crippen LogP contribution in [-0.4, -0.2) is 69.4 Å². The second kappa shape index (κ2) is 5.82. The van der Waals surface area contributed by atoms with Crippen molar-refractivity contribution in [1.82, 2.24) is 9.80 Å². The Morgan fingerprint density at radius 1 is 1.17 bits per heavy atom. The van der Waals surface area contributed by atoms with Gasteiger partial charge in [-0.1, -0.05) is 0 Å². The van der Waals surface area contributed by atoms with Gasteiger partial charge in [-0.05, 0) is 33.6 Å². The van der Waals surface area contributed by atoms with Gasteiger partial charge in [-0.15, -0.1) is 0 Å². The summed E-state index contributed by atoms with van der Waals surface area (Å²) in [5, 5.41) is 9.62. The molecule has 2 aliphatic rings. The van der Waals surface area contributed by atoms with Crippen molar-refractivity contribution in [3.63, 3.8) is 0 Å². The maximum Gasteiger partial charge on any atom is 0.410 e. The summed E-state index contributed by atoms with van der Waals surface area (Å²) in [6, 6.07) is 0. The number of ketones is 1. The van der Waals surface area contributed by atoms with Crippen LogP contribution < -0.4 is 0 Å². The van der Waals surface area contributed by atoms with Gasteiger partial charge in [0.2, 0.25) is 5.91 Å². The summed E-state index contributed by atoms with van der Waals surface area (Å²) >= 11 is 0. The quantitative estimate of drug-likeness (QED) is 0.747. The lowest BCUT2D eigenvalue weighted by Gasteiger charge is -2.43. The minimum Gasteiger partial charge on any atom is -0.479 e. The van der Waals surface area contributed by atoms with Gasteiger partial charge in [0, 0.05) is 13.1 Å². The van der Waals surface area contributed by atoms with Crippen LogP contribution >= 0.6 is 0 Å². The standard InChI is InChI=1S/C15H22N2O6/c1-14(2,3)23-13(22)16-6-4-15(5-7-16,12(20)21)17-9-10(18)8-11(17)19/h4-9H2,1-3H3,(H,20,21). The number of hydrogen-bond acceptors (Lipinski definition) is 5. The summed E-state index contributed by atoms with van der Waals surface area (Å²) < 4.78 is 5.27. The molecule has 2 amide bonds. The second-order valence-corrected chi connectivity index (χ2v) is 7.00. The third-order valence-corrected chi connectivity index (χ3v) is 4.14. The zero-order valence-corrected chi connectivity index (χ0v) is 13.6. The number of hydrogen-bond donors (Lipinski definition) is 1. The molecule has 0 aromatic carbocycles. The molecule has 0 aromatic heterocycles. The monoisotopic (exact) mass is 326 g/mol. The number of amides is 2. The van der Waals surface area contributed by atoms with Crippen LogP contribution in [0, 0.1) is 0 Å². The van der Waals surface area contributed by atoms with Crippen LogP contribution in [0.25, 0.3) is 0 Å². The molecule has 0 saturated carbocycles. The van der Waals surface area contributed by atoms with E-state index in [4.69, 9.17) is 4.74 Å². The first-order chi connectivity index (χ1) is 10.5. The van der Waals surface area contributed by atoms with E-state index in [0.717, 1.165) is 4.90 Å². The molecule has 2 saturated heterocycles. The lowest BCUT2D eigenvalue weighted by molar-refractivity contribution is -0.160. The number of rotatable bonds is 2. The number of carboxylic acids is 1. The summed E-state index contributed by atoms with van der Waals surface area (Å²) in [5.41, 5.74) is -2.04. The van der Waals surface area contributed by atoms with Gasteiger partial charge in [-0.25, -0.2) is 9.59 Å². The highest BCUT2D eigenvalue weighted by molar-refractivity contribution is 6.07. The Balaban J connectivity index is 2.10. The van der Waals surface area contributed by atoms with E-state index in [2.05, 4.69) is 0 Å². The SMILES string of the molecule is CC(C)(C)OC(=O)N1CCC(C(=O)O)(N2CC(=O)CC2=O)CC1. The zero-order chi connectivity index (χ0) is 17.4. The van der Waals surface area contributed by atoms with Gasteiger partial charge < -0.3 is 19.6 Å². The molecule has 2 fully saturated rings. The van der Waals surface area contributed by atoms with Gasteiger partial charge >= 0.3 is 12.1 Å². The number of Topliss-reactive ketones (excluding diaryl/α,β-unsaturated/α-hetero) is 1. The van der Waals surface area contributed by atoms with Gasteiger partial charge in [-0.3, -0.25) is 9.59 Å². The van der Waals surface area contributed by atoms with E-state index in [-0.39, 0.29) is 44.7 Å². The summed E-state index contributed by atoms with van der Waals surface area (Å²) in [6.45, 7) is 5.43. The summed E-state index contributed by atoms with van der Waals surface area (Å²) in [6.07, 6.45) is -0.577. The summed E-state index contributed by atoms with van der Waals surface area (Å²) in [7, 11) is 0. The number of nitrogens with zero attached hydrogens (tertiary/aromatic N) is 2. The van der Waals surface area contributed by atoms with Gasteiger partial charge in [0.25, 0.3) is 0 Å². The minimum atomic E-state index is -1.41. The number of likely N-dealkylation sites (tertiary alicyclic amines) is 2. The van der Waals surface area contributed by atoms with E-state index < -0.39 is 29.1 Å². The Bertz CT molecular complexity index is 543. The molecule has 0 radical (unpaired) electrons.